The monoisotopic (exact) mass is 456 g/mol. The molecule has 2 fully saturated rings. The molecule has 2 aromatic rings. The van der Waals surface area contributed by atoms with E-state index in [0.29, 0.717) is 39.2 Å². The van der Waals surface area contributed by atoms with Crippen molar-refractivity contribution in [3.05, 3.63) is 63.5 Å². The number of amidine groups is 1. The van der Waals surface area contributed by atoms with Crippen molar-refractivity contribution >= 4 is 40.5 Å². The van der Waals surface area contributed by atoms with Crippen molar-refractivity contribution in [2.75, 3.05) is 7.11 Å². The van der Waals surface area contributed by atoms with Gasteiger partial charge in [-0.1, -0.05) is 55.1 Å². The Balaban J connectivity index is 1.46. The Morgan fingerprint density at radius 2 is 1.97 bits per heavy atom. The first-order valence-corrected chi connectivity index (χ1v) is 11.6. The molecule has 5 nitrogen and oxygen atoms in total. The molecule has 1 N–H and O–H groups in total. The van der Waals surface area contributed by atoms with E-state index in [9.17, 15) is 4.79 Å². The largest absolute Gasteiger partial charge is 0.493 e. The van der Waals surface area contributed by atoms with Gasteiger partial charge in [0.2, 0.25) is 0 Å². The molecule has 31 heavy (non-hydrogen) atoms. The van der Waals surface area contributed by atoms with Gasteiger partial charge in [-0.3, -0.25) is 9.79 Å². The Bertz CT molecular complexity index is 1020. The normalized spacial score (nSPS) is 19.6. The molecule has 2 aromatic carbocycles. The number of halogens is 1. The first-order chi connectivity index (χ1) is 15.1. The number of thioether (sulfide) groups is 1. The third kappa shape index (κ3) is 5.63. The van der Waals surface area contributed by atoms with Crippen LogP contribution in [-0.2, 0) is 11.4 Å². The highest BCUT2D eigenvalue weighted by Gasteiger charge is 2.25. The van der Waals surface area contributed by atoms with Crippen LogP contribution in [0, 0.1) is 0 Å². The Hall–Kier alpha value is -2.44. The number of carbonyl (C=O) groups excluding carboxylic acids is 1. The van der Waals surface area contributed by atoms with Gasteiger partial charge in [-0.15, -0.1) is 0 Å². The van der Waals surface area contributed by atoms with Gasteiger partial charge in [-0.2, -0.15) is 0 Å². The van der Waals surface area contributed by atoms with Crippen molar-refractivity contribution in [3.63, 3.8) is 0 Å². The van der Waals surface area contributed by atoms with Crippen molar-refractivity contribution in [2.24, 2.45) is 4.99 Å². The number of nitrogens with zero attached hydrogens (tertiary/aromatic N) is 1. The summed E-state index contributed by atoms with van der Waals surface area (Å²) in [5.41, 5.74) is 1.76. The first-order valence-electron chi connectivity index (χ1n) is 10.5. The van der Waals surface area contributed by atoms with Crippen molar-refractivity contribution in [1.82, 2.24) is 5.32 Å². The Morgan fingerprint density at radius 3 is 2.74 bits per heavy atom. The zero-order valence-electron chi connectivity index (χ0n) is 17.4. The summed E-state index contributed by atoms with van der Waals surface area (Å²) in [6.07, 6.45) is 7.77. The van der Waals surface area contributed by atoms with Crippen molar-refractivity contribution in [2.45, 2.75) is 44.8 Å². The number of amides is 1. The summed E-state index contributed by atoms with van der Waals surface area (Å²) in [4.78, 5) is 17.8. The summed E-state index contributed by atoms with van der Waals surface area (Å²) in [5, 5.41) is 4.26. The Labute approximate surface area is 191 Å². The smallest absolute Gasteiger partial charge is 0.264 e. The molecule has 1 aliphatic carbocycles. The lowest BCUT2D eigenvalue weighted by molar-refractivity contribution is -0.115. The van der Waals surface area contributed by atoms with Crippen LogP contribution in [0.3, 0.4) is 0 Å². The standard InChI is InChI=1S/C24H25ClN2O3S/c1-29-21-13-16(11-12-20(21)30-15-17-7-5-6-10-19(17)25)14-22-23(28)27-24(31-22)26-18-8-3-2-4-9-18/h5-7,10-14,18H,2-4,8-9,15H2,1H3,(H,26,27,28)/b22-14+. The molecule has 1 amide bonds. The lowest BCUT2D eigenvalue weighted by Crippen LogP contribution is -2.22. The fourth-order valence-electron chi connectivity index (χ4n) is 3.68. The lowest BCUT2D eigenvalue weighted by Gasteiger charge is -2.17. The number of carbonyl (C=O) groups is 1. The average Bonchev–Trinajstić information content (AvgIpc) is 3.12. The molecule has 4 rings (SSSR count). The molecule has 0 bridgehead atoms. The number of ether oxygens (including phenoxy) is 2. The number of methoxy groups -OCH3 is 1. The van der Waals surface area contributed by atoms with E-state index < -0.39 is 0 Å². The number of hydrogen-bond acceptors (Lipinski definition) is 5. The van der Waals surface area contributed by atoms with Gasteiger partial charge in [-0.05, 0) is 54.4 Å². The molecule has 0 atom stereocenters. The van der Waals surface area contributed by atoms with Crippen LogP contribution in [0.2, 0.25) is 5.02 Å². The zero-order valence-corrected chi connectivity index (χ0v) is 19.0. The predicted molar refractivity (Wildman–Crippen MR) is 127 cm³/mol. The highest BCUT2D eigenvalue weighted by molar-refractivity contribution is 8.18. The summed E-state index contributed by atoms with van der Waals surface area (Å²) < 4.78 is 11.4. The van der Waals surface area contributed by atoms with Gasteiger partial charge in [-0.25, -0.2) is 0 Å². The number of nitrogens with one attached hydrogen (secondary N) is 1. The Kier molecular flexibility index (Phi) is 7.20. The highest BCUT2D eigenvalue weighted by Crippen LogP contribution is 2.33. The van der Waals surface area contributed by atoms with Crippen molar-refractivity contribution < 1.29 is 14.3 Å². The number of hydrogen-bond donors (Lipinski definition) is 1. The van der Waals surface area contributed by atoms with Gasteiger partial charge < -0.3 is 14.8 Å². The SMILES string of the molecule is COc1cc(/C=C2/SC(=NC3CCCCC3)NC2=O)ccc1OCc1ccccc1Cl. The summed E-state index contributed by atoms with van der Waals surface area (Å²) >= 11 is 7.60. The molecule has 0 spiro atoms. The third-order valence-electron chi connectivity index (χ3n) is 5.35. The quantitative estimate of drug-likeness (QED) is 0.556. The second-order valence-electron chi connectivity index (χ2n) is 7.58. The van der Waals surface area contributed by atoms with E-state index in [0.717, 1.165) is 24.0 Å². The van der Waals surface area contributed by atoms with E-state index in [2.05, 4.69) is 5.32 Å². The third-order valence-corrected chi connectivity index (χ3v) is 6.64. The summed E-state index contributed by atoms with van der Waals surface area (Å²) in [6, 6.07) is 13.5. The molecule has 2 aliphatic rings. The van der Waals surface area contributed by atoms with Crippen LogP contribution in [-0.4, -0.2) is 24.2 Å². The van der Waals surface area contributed by atoms with Crippen LogP contribution in [0.25, 0.3) is 6.08 Å². The molecule has 0 radical (unpaired) electrons. The Morgan fingerprint density at radius 1 is 1.16 bits per heavy atom. The minimum atomic E-state index is -0.113. The van der Waals surface area contributed by atoms with Gasteiger partial charge in [0.25, 0.3) is 5.91 Å². The molecule has 1 saturated heterocycles. The molecule has 1 aliphatic heterocycles. The van der Waals surface area contributed by atoms with E-state index in [4.69, 9.17) is 26.1 Å². The van der Waals surface area contributed by atoms with Crippen molar-refractivity contribution in [3.8, 4) is 11.5 Å². The molecular formula is C24H25ClN2O3S. The predicted octanol–water partition coefficient (Wildman–Crippen LogP) is 5.82. The molecule has 1 saturated carbocycles. The molecular weight excluding hydrogens is 432 g/mol. The second-order valence-corrected chi connectivity index (χ2v) is 9.02. The molecule has 1 heterocycles. The van der Waals surface area contributed by atoms with E-state index >= 15 is 0 Å². The van der Waals surface area contributed by atoms with Gasteiger partial charge >= 0.3 is 0 Å². The van der Waals surface area contributed by atoms with Crippen LogP contribution in [0.5, 0.6) is 11.5 Å². The van der Waals surface area contributed by atoms with E-state index in [1.165, 1.54) is 31.0 Å². The maximum atomic E-state index is 12.4. The molecule has 162 valence electrons. The fourth-order valence-corrected chi connectivity index (χ4v) is 4.76. The van der Waals surface area contributed by atoms with E-state index in [-0.39, 0.29) is 5.91 Å². The number of benzene rings is 2. The summed E-state index contributed by atoms with van der Waals surface area (Å²) in [5.74, 6) is 1.10. The minimum absolute atomic E-state index is 0.113. The highest BCUT2D eigenvalue weighted by atomic mass is 35.5. The maximum Gasteiger partial charge on any atom is 0.264 e. The van der Waals surface area contributed by atoms with Gasteiger partial charge in [0.1, 0.15) is 6.61 Å². The van der Waals surface area contributed by atoms with Crippen LogP contribution in [0.1, 0.15) is 43.2 Å². The molecule has 0 aromatic heterocycles. The average molecular weight is 457 g/mol. The summed E-state index contributed by atoms with van der Waals surface area (Å²) in [6.45, 7) is 0.343. The van der Waals surface area contributed by atoms with Crippen molar-refractivity contribution in [1.29, 1.82) is 0 Å². The van der Waals surface area contributed by atoms with Gasteiger partial charge in [0.15, 0.2) is 16.7 Å². The lowest BCUT2D eigenvalue weighted by atomic mass is 9.96. The maximum absolute atomic E-state index is 12.4. The summed E-state index contributed by atoms with van der Waals surface area (Å²) in [7, 11) is 1.60. The first kappa shape index (κ1) is 21.8. The minimum Gasteiger partial charge on any atom is -0.493 e. The fraction of sp³-hybridized carbons (Fsp3) is 0.333. The van der Waals surface area contributed by atoms with Gasteiger partial charge in [0.05, 0.1) is 18.1 Å². The van der Waals surface area contributed by atoms with E-state index in [1.54, 1.807) is 7.11 Å². The topological polar surface area (TPSA) is 59.9 Å². The van der Waals surface area contributed by atoms with Crippen LogP contribution < -0.4 is 14.8 Å². The second kappa shape index (κ2) is 10.2. The van der Waals surface area contributed by atoms with Crippen LogP contribution in [0.15, 0.2) is 52.4 Å². The molecule has 7 heteroatoms. The van der Waals surface area contributed by atoms with Crippen LogP contribution in [0.4, 0.5) is 0 Å². The molecule has 0 unspecified atom stereocenters. The number of aliphatic imine (C=N–C) groups is 1. The van der Waals surface area contributed by atoms with Gasteiger partial charge in [0, 0.05) is 10.6 Å². The number of rotatable bonds is 6. The van der Waals surface area contributed by atoms with E-state index in [1.807, 2.05) is 48.5 Å². The zero-order chi connectivity index (χ0) is 21.6. The van der Waals surface area contributed by atoms with Crippen LogP contribution >= 0.6 is 23.4 Å².